The number of carbonyl (C=O) groups excluding carboxylic acids is 1. The number of nitrogens with zero attached hydrogens (tertiary/aromatic N) is 4. The molecule has 3 fully saturated rings. The highest BCUT2D eigenvalue weighted by Crippen LogP contribution is 2.33. The van der Waals surface area contributed by atoms with Crippen molar-refractivity contribution in [1.29, 1.82) is 0 Å². The molecule has 40 heavy (non-hydrogen) atoms. The Morgan fingerprint density at radius 1 is 0.750 bits per heavy atom. The van der Waals surface area contributed by atoms with E-state index in [1.165, 1.54) is 30.4 Å². The summed E-state index contributed by atoms with van der Waals surface area (Å²) in [5.74, 6) is 0.744. The van der Waals surface area contributed by atoms with Crippen molar-refractivity contribution in [3.05, 3.63) is 65.5 Å². The summed E-state index contributed by atoms with van der Waals surface area (Å²) in [5, 5.41) is 0. The number of hydrogen-bond acceptors (Lipinski definition) is 4. The fourth-order valence-corrected chi connectivity index (χ4v) is 7.90. The molecule has 0 aromatic heterocycles. The molecule has 0 radical (unpaired) electrons. The zero-order chi connectivity index (χ0) is 27.3. The Hall–Kier alpha value is -2.44. The summed E-state index contributed by atoms with van der Waals surface area (Å²) in [6, 6.07) is 17.2. The normalized spacial score (nSPS) is 25.4. The highest BCUT2D eigenvalue weighted by atomic mass is 19.1. The van der Waals surface area contributed by atoms with Gasteiger partial charge in [0.1, 0.15) is 5.82 Å². The molecule has 6 heteroatoms. The Morgan fingerprint density at radius 3 is 2.10 bits per heavy atom. The van der Waals surface area contributed by atoms with Crippen LogP contribution in [-0.2, 0) is 17.6 Å². The standard InChI is InChI=1S/C34H47FN4O/c35-31-12-6-7-13-33(31)37-22-20-36(21-23-37)32-16-19-39(30-24-27-10-4-5-11-28(27)25-30)26-29(32)14-15-34(40)38-17-8-2-1-3-9-18-38/h4-7,10-13,29-30,32H,1-3,8-9,14-26H2/t29-,32+/m1/s1. The van der Waals surface area contributed by atoms with Crippen LogP contribution < -0.4 is 4.90 Å². The third-order valence-electron chi connectivity index (χ3n) is 10.2. The minimum absolute atomic E-state index is 0.123. The lowest BCUT2D eigenvalue weighted by Gasteiger charge is -2.48. The average molecular weight is 547 g/mol. The van der Waals surface area contributed by atoms with E-state index in [-0.39, 0.29) is 5.82 Å². The molecule has 0 unspecified atom stereocenters. The SMILES string of the molecule is O=C(CC[C@@H]1CN(C2Cc3ccccc3C2)CC[C@@H]1N1CCN(c2ccccc2F)CC1)N1CCCCCCC1. The van der Waals surface area contributed by atoms with E-state index in [1.54, 1.807) is 12.1 Å². The Kier molecular flexibility index (Phi) is 9.03. The first-order chi connectivity index (χ1) is 19.7. The lowest BCUT2D eigenvalue weighted by molar-refractivity contribution is -0.132. The number of fused-ring (bicyclic) bond motifs is 1. The van der Waals surface area contributed by atoms with Crippen molar-refractivity contribution in [2.45, 2.75) is 76.3 Å². The van der Waals surface area contributed by atoms with Gasteiger partial charge in [-0.05, 0) is 74.2 Å². The van der Waals surface area contributed by atoms with Crippen molar-refractivity contribution in [2.75, 3.05) is 57.3 Å². The number of rotatable bonds is 6. The van der Waals surface area contributed by atoms with E-state index in [1.807, 2.05) is 12.1 Å². The summed E-state index contributed by atoms with van der Waals surface area (Å²) in [7, 11) is 0. The number of piperazine rings is 1. The van der Waals surface area contributed by atoms with Gasteiger partial charge in [0.15, 0.2) is 0 Å². The van der Waals surface area contributed by atoms with Gasteiger partial charge in [-0.15, -0.1) is 0 Å². The Bertz CT molecular complexity index is 1100. The average Bonchev–Trinajstić information content (AvgIpc) is 3.41. The van der Waals surface area contributed by atoms with Crippen molar-refractivity contribution in [2.24, 2.45) is 5.92 Å². The maximum atomic E-state index is 14.5. The summed E-state index contributed by atoms with van der Waals surface area (Å²) >= 11 is 0. The number of carbonyl (C=O) groups is 1. The van der Waals surface area contributed by atoms with E-state index in [9.17, 15) is 9.18 Å². The molecule has 2 aromatic rings. The van der Waals surface area contributed by atoms with Crippen LogP contribution in [0.5, 0.6) is 0 Å². The van der Waals surface area contributed by atoms with E-state index in [2.05, 4.69) is 43.9 Å². The molecule has 1 amide bonds. The molecule has 0 N–H and O–H groups in total. The van der Waals surface area contributed by atoms with Gasteiger partial charge in [0.05, 0.1) is 5.69 Å². The molecule has 1 aliphatic carbocycles. The highest BCUT2D eigenvalue weighted by molar-refractivity contribution is 5.76. The van der Waals surface area contributed by atoms with E-state index < -0.39 is 0 Å². The van der Waals surface area contributed by atoms with E-state index in [0.717, 1.165) is 96.6 Å². The molecule has 216 valence electrons. The number of para-hydroxylation sites is 1. The molecule has 0 saturated carbocycles. The first-order valence-electron chi connectivity index (χ1n) is 16.0. The largest absolute Gasteiger partial charge is 0.367 e. The molecule has 0 spiro atoms. The van der Waals surface area contributed by atoms with Gasteiger partial charge in [-0.1, -0.05) is 55.7 Å². The fraction of sp³-hybridized carbons (Fsp3) is 0.618. The molecule has 0 bridgehead atoms. The molecular formula is C34H47FN4O. The predicted molar refractivity (Wildman–Crippen MR) is 160 cm³/mol. The smallest absolute Gasteiger partial charge is 0.222 e. The second-order valence-electron chi connectivity index (χ2n) is 12.6. The molecule has 4 aliphatic rings. The van der Waals surface area contributed by atoms with Crippen LogP contribution in [0.25, 0.3) is 0 Å². The van der Waals surface area contributed by atoms with Crippen LogP contribution in [0, 0.1) is 11.7 Å². The van der Waals surface area contributed by atoms with Crippen LogP contribution in [0.3, 0.4) is 0 Å². The zero-order valence-electron chi connectivity index (χ0n) is 24.2. The number of benzene rings is 2. The second-order valence-corrected chi connectivity index (χ2v) is 12.6. The minimum Gasteiger partial charge on any atom is -0.367 e. The zero-order valence-corrected chi connectivity index (χ0v) is 24.2. The quantitative estimate of drug-likeness (QED) is 0.487. The number of likely N-dealkylation sites (tertiary alicyclic amines) is 2. The fourth-order valence-electron chi connectivity index (χ4n) is 7.90. The second kappa shape index (κ2) is 13.0. The lowest BCUT2D eigenvalue weighted by atomic mass is 9.85. The van der Waals surface area contributed by atoms with E-state index in [0.29, 0.717) is 30.3 Å². The number of anilines is 1. The van der Waals surface area contributed by atoms with Gasteiger partial charge in [0.2, 0.25) is 5.91 Å². The maximum Gasteiger partial charge on any atom is 0.222 e. The first-order valence-corrected chi connectivity index (χ1v) is 16.0. The highest BCUT2D eigenvalue weighted by Gasteiger charge is 2.38. The van der Waals surface area contributed by atoms with Gasteiger partial charge in [-0.2, -0.15) is 0 Å². The third kappa shape index (κ3) is 6.38. The summed E-state index contributed by atoms with van der Waals surface area (Å²) in [6.45, 7) is 7.75. The van der Waals surface area contributed by atoms with Crippen molar-refractivity contribution in [3.8, 4) is 0 Å². The molecule has 3 heterocycles. The van der Waals surface area contributed by atoms with E-state index >= 15 is 0 Å². The van der Waals surface area contributed by atoms with Crippen LogP contribution in [0.1, 0.15) is 62.5 Å². The topological polar surface area (TPSA) is 30.0 Å². The molecular weight excluding hydrogens is 499 g/mol. The van der Waals surface area contributed by atoms with Gasteiger partial charge >= 0.3 is 0 Å². The van der Waals surface area contributed by atoms with Crippen LogP contribution in [-0.4, -0.2) is 85.0 Å². The van der Waals surface area contributed by atoms with Crippen molar-refractivity contribution >= 4 is 11.6 Å². The van der Waals surface area contributed by atoms with Gasteiger partial charge in [-0.3, -0.25) is 14.6 Å². The minimum atomic E-state index is -0.123. The van der Waals surface area contributed by atoms with E-state index in [4.69, 9.17) is 0 Å². The number of amides is 1. The Labute approximate surface area is 240 Å². The monoisotopic (exact) mass is 546 g/mol. The van der Waals surface area contributed by atoms with Gasteiger partial charge in [0.25, 0.3) is 0 Å². The van der Waals surface area contributed by atoms with Crippen molar-refractivity contribution in [1.82, 2.24) is 14.7 Å². The van der Waals surface area contributed by atoms with Crippen LogP contribution >= 0.6 is 0 Å². The Morgan fingerprint density at radius 2 is 1.40 bits per heavy atom. The molecule has 2 atom stereocenters. The van der Waals surface area contributed by atoms with Crippen molar-refractivity contribution in [3.63, 3.8) is 0 Å². The molecule has 3 aliphatic heterocycles. The van der Waals surface area contributed by atoms with Crippen LogP contribution in [0.2, 0.25) is 0 Å². The van der Waals surface area contributed by atoms with Gasteiger partial charge in [-0.25, -0.2) is 4.39 Å². The number of halogens is 1. The first kappa shape index (κ1) is 27.7. The van der Waals surface area contributed by atoms with Gasteiger partial charge in [0, 0.05) is 64.3 Å². The molecule has 6 rings (SSSR count). The third-order valence-corrected chi connectivity index (χ3v) is 10.2. The molecule has 3 saturated heterocycles. The number of hydrogen-bond donors (Lipinski definition) is 0. The summed E-state index contributed by atoms with van der Waals surface area (Å²) in [6.07, 6.45) is 11.3. The predicted octanol–water partition coefficient (Wildman–Crippen LogP) is 5.38. The van der Waals surface area contributed by atoms with Crippen LogP contribution in [0.15, 0.2) is 48.5 Å². The summed E-state index contributed by atoms with van der Waals surface area (Å²) in [5.41, 5.74) is 3.76. The van der Waals surface area contributed by atoms with Crippen LogP contribution in [0.4, 0.5) is 10.1 Å². The summed E-state index contributed by atoms with van der Waals surface area (Å²) in [4.78, 5) is 23.1. The molecule has 2 aromatic carbocycles. The maximum absolute atomic E-state index is 14.5. The summed E-state index contributed by atoms with van der Waals surface area (Å²) < 4.78 is 14.5. The van der Waals surface area contributed by atoms with Crippen molar-refractivity contribution < 1.29 is 9.18 Å². The molecule has 5 nitrogen and oxygen atoms in total. The lowest BCUT2D eigenvalue weighted by Crippen LogP contribution is -2.58. The number of piperidine rings is 1. The Balaban J connectivity index is 1.11. The van der Waals surface area contributed by atoms with Gasteiger partial charge < -0.3 is 9.80 Å².